The highest BCUT2D eigenvalue weighted by atomic mass is 16.5. The van der Waals surface area contributed by atoms with Crippen molar-refractivity contribution in [3.05, 3.63) is 84.6 Å². The van der Waals surface area contributed by atoms with Gasteiger partial charge in [0, 0.05) is 60.1 Å². The van der Waals surface area contributed by atoms with E-state index in [9.17, 15) is 4.79 Å². The van der Waals surface area contributed by atoms with Gasteiger partial charge >= 0.3 is 0 Å². The smallest absolute Gasteiger partial charge is 0.159 e. The molecular weight excluding hydrogens is 492 g/mol. The van der Waals surface area contributed by atoms with Gasteiger partial charge in [-0.3, -0.25) is 14.5 Å². The minimum atomic E-state index is -0.0338. The zero-order valence-electron chi connectivity index (χ0n) is 22.0. The first-order valence-corrected chi connectivity index (χ1v) is 12.2. The van der Waals surface area contributed by atoms with E-state index in [1.165, 1.54) is 6.92 Å². The Balaban J connectivity index is 1.57. The second-order valence-electron chi connectivity index (χ2n) is 8.78. The van der Waals surface area contributed by atoms with Crippen LogP contribution in [0.3, 0.4) is 0 Å². The largest absolute Gasteiger partial charge is 0.497 e. The van der Waals surface area contributed by atoms with Gasteiger partial charge in [0.2, 0.25) is 0 Å². The molecule has 2 aromatic carbocycles. The van der Waals surface area contributed by atoms with Gasteiger partial charge in [-0.25, -0.2) is 9.97 Å². The molecule has 0 N–H and O–H groups in total. The summed E-state index contributed by atoms with van der Waals surface area (Å²) in [5.41, 5.74) is 5.90. The normalized spacial score (nSPS) is 10.6. The molecule has 0 spiro atoms. The van der Waals surface area contributed by atoms with Crippen LogP contribution in [-0.4, -0.2) is 51.3 Å². The molecule has 0 bridgehead atoms. The van der Waals surface area contributed by atoms with Crippen LogP contribution in [-0.2, 0) is 7.05 Å². The highest BCUT2D eigenvalue weighted by Crippen LogP contribution is 2.34. The van der Waals surface area contributed by atoms with E-state index in [0.29, 0.717) is 29.3 Å². The summed E-state index contributed by atoms with van der Waals surface area (Å²) < 4.78 is 12.8. The second kappa shape index (κ2) is 11.0. The Hall–Kier alpha value is -5.23. The molecule has 3 aromatic heterocycles. The minimum absolute atomic E-state index is 0.0338. The SMILES string of the molecule is COc1cc(OC)cc(N(CC#Cc2cc(C(C)=O)ccn2)c2ccc3ncc(-c4cnn(C)c4)nc3c2)c1. The molecule has 3 heterocycles. The van der Waals surface area contributed by atoms with Crippen molar-refractivity contribution in [3.63, 3.8) is 0 Å². The number of ketones is 1. The van der Waals surface area contributed by atoms with E-state index in [-0.39, 0.29) is 5.78 Å². The number of hydrogen-bond donors (Lipinski definition) is 0. The number of anilines is 2. The van der Waals surface area contributed by atoms with Gasteiger partial charge in [-0.15, -0.1) is 0 Å². The van der Waals surface area contributed by atoms with Crippen molar-refractivity contribution >= 4 is 28.2 Å². The third kappa shape index (κ3) is 5.70. The highest BCUT2D eigenvalue weighted by molar-refractivity contribution is 5.94. The van der Waals surface area contributed by atoms with E-state index in [4.69, 9.17) is 14.5 Å². The quantitative estimate of drug-likeness (QED) is 0.223. The van der Waals surface area contributed by atoms with E-state index in [1.807, 2.05) is 54.5 Å². The molecule has 9 nitrogen and oxygen atoms in total. The van der Waals surface area contributed by atoms with Crippen molar-refractivity contribution in [3.8, 4) is 34.6 Å². The number of Topliss-reactive ketones (excluding diaryl/α,β-unsaturated/α-hetero) is 1. The molecule has 39 heavy (non-hydrogen) atoms. The summed E-state index contributed by atoms with van der Waals surface area (Å²) in [5, 5.41) is 4.24. The van der Waals surface area contributed by atoms with Gasteiger partial charge < -0.3 is 14.4 Å². The maximum atomic E-state index is 11.8. The number of aromatic nitrogens is 5. The number of benzene rings is 2. The predicted molar refractivity (Wildman–Crippen MR) is 149 cm³/mol. The molecular formula is C30H26N6O3. The first kappa shape index (κ1) is 25.4. The molecule has 5 aromatic rings. The van der Waals surface area contributed by atoms with Crippen LogP contribution in [0.1, 0.15) is 23.0 Å². The van der Waals surface area contributed by atoms with Crippen molar-refractivity contribution in [2.75, 3.05) is 25.7 Å². The fourth-order valence-corrected chi connectivity index (χ4v) is 4.07. The number of methoxy groups -OCH3 is 2. The molecule has 194 valence electrons. The van der Waals surface area contributed by atoms with Gasteiger partial charge in [0.25, 0.3) is 0 Å². The zero-order chi connectivity index (χ0) is 27.4. The van der Waals surface area contributed by atoms with Crippen LogP contribution in [0.15, 0.2) is 73.3 Å². The summed E-state index contributed by atoms with van der Waals surface area (Å²) in [7, 11) is 5.09. The number of rotatable bonds is 7. The zero-order valence-corrected chi connectivity index (χ0v) is 22.0. The summed E-state index contributed by atoms with van der Waals surface area (Å²) in [6, 6.07) is 14.9. The number of pyridine rings is 1. The number of carbonyl (C=O) groups excluding carboxylic acids is 1. The summed E-state index contributed by atoms with van der Waals surface area (Å²) in [6.45, 7) is 1.84. The van der Waals surface area contributed by atoms with Crippen LogP contribution < -0.4 is 14.4 Å². The lowest BCUT2D eigenvalue weighted by Gasteiger charge is -2.24. The maximum absolute atomic E-state index is 11.8. The van der Waals surface area contributed by atoms with Gasteiger partial charge in [0.1, 0.15) is 17.2 Å². The number of carbonyl (C=O) groups is 1. The minimum Gasteiger partial charge on any atom is -0.497 e. The summed E-state index contributed by atoms with van der Waals surface area (Å²) in [5.74, 6) is 7.55. The third-order valence-corrected chi connectivity index (χ3v) is 6.11. The van der Waals surface area contributed by atoms with Crippen molar-refractivity contribution in [2.45, 2.75) is 6.92 Å². The fourth-order valence-electron chi connectivity index (χ4n) is 4.07. The number of aryl methyl sites for hydroxylation is 1. The number of hydrogen-bond acceptors (Lipinski definition) is 8. The molecule has 0 aliphatic carbocycles. The second-order valence-corrected chi connectivity index (χ2v) is 8.78. The Kier molecular flexibility index (Phi) is 7.19. The molecule has 0 aliphatic heterocycles. The molecule has 0 unspecified atom stereocenters. The van der Waals surface area contributed by atoms with Crippen molar-refractivity contribution in [2.24, 2.45) is 7.05 Å². The molecule has 0 aliphatic rings. The van der Waals surface area contributed by atoms with Crippen LogP contribution >= 0.6 is 0 Å². The van der Waals surface area contributed by atoms with Crippen molar-refractivity contribution in [1.82, 2.24) is 24.7 Å². The summed E-state index contributed by atoms with van der Waals surface area (Å²) in [6.07, 6.45) is 7.00. The Morgan fingerprint density at radius 3 is 2.44 bits per heavy atom. The molecule has 0 radical (unpaired) electrons. The predicted octanol–water partition coefficient (Wildman–Crippen LogP) is 4.83. The summed E-state index contributed by atoms with van der Waals surface area (Å²) in [4.78, 5) is 27.5. The summed E-state index contributed by atoms with van der Waals surface area (Å²) >= 11 is 0. The van der Waals surface area contributed by atoms with Gasteiger partial charge in [-0.1, -0.05) is 5.92 Å². The maximum Gasteiger partial charge on any atom is 0.159 e. The number of ether oxygens (including phenoxy) is 2. The van der Waals surface area contributed by atoms with Crippen LogP contribution in [0.4, 0.5) is 11.4 Å². The van der Waals surface area contributed by atoms with Crippen LogP contribution in [0.5, 0.6) is 11.5 Å². The molecule has 0 fully saturated rings. The lowest BCUT2D eigenvalue weighted by Crippen LogP contribution is -2.17. The van der Waals surface area contributed by atoms with E-state index in [0.717, 1.165) is 33.7 Å². The third-order valence-electron chi connectivity index (χ3n) is 6.11. The lowest BCUT2D eigenvalue weighted by molar-refractivity contribution is 0.101. The Bertz CT molecular complexity index is 1710. The first-order valence-electron chi connectivity index (χ1n) is 12.2. The van der Waals surface area contributed by atoms with E-state index >= 15 is 0 Å². The van der Waals surface area contributed by atoms with Crippen LogP contribution in [0.25, 0.3) is 22.3 Å². The lowest BCUT2D eigenvalue weighted by atomic mass is 10.1. The highest BCUT2D eigenvalue weighted by Gasteiger charge is 2.14. The van der Waals surface area contributed by atoms with Crippen LogP contribution in [0, 0.1) is 11.8 Å². The first-order chi connectivity index (χ1) is 18.9. The van der Waals surface area contributed by atoms with Gasteiger partial charge in [-0.2, -0.15) is 5.10 Å². The van der Waals surface area contributed by atoms with Crippen molar-refractivity contribution in [1.29, 1.82) is 0 Å². The van der Waals surface area contributed by atoms with Gasteiger partial charge in [0.05, 0.1) is 49.9 Å². The molecule has 0 atom stereocenters. The molecule has 0 saturated carbocycles. The average molecular weight is 519 g/mol. The monoisotopic (exact) mass is 518 g/mol. The Morgan fingerprint density at radius 2 is 1.74 bits per heavy atom. The molecule has 9 heteroatoms. The Morgan fingerprint density at radius 1 is 0.949 bits per heavy atom. The molecule has 0 saturated heterocycles. The van der Waals surface area contributed by atoms with E-state index in [2.05, 4.69) is 26.9 Å². The average Bonchev–Trinajstić information content (AvgIpc) is 3.40. The Labute approximate surface area is 226 Å². The van der Waals surface area contributed by atoms with E-state index < -0.39 is 0 Å². The number of fused-ring (bicyclic) bond motifs is 1. The fraction of sp³-hybridized carbons (Fsp3) is 0.167. The molecule has 5 rings (SSSR count). The molecule has 0 amide bonds. The van der Waals surface area contributed by atoms with Gasteiger partial charge in [0.15, 0.2) is 5.78 Å². The van der Waals surface area contributed by atoms with Crippen LogP contribution in [0.2, 0.25) is 0 Å². The number of nitrogens with zero attached hydrogens (tertiary/aromatic N) is 6. The van der Waals surface area contributed by atoms with E-state index in [1.54, 1.807) is 49.6 Å². The van der Waals surface area contributed by atoms with Crippen molar-refractivity contribution < 1.29 is 14.3 Å². The topological polar surface area (TPSA) is 95.3 Å². The van der Waals surface area contributed by atoms with Gasteiger partial charge in [-0.05, 0) is 43.2 Å². The standard InChI is InChI=1S/C30H26N6O3/c1-20(37)21-9-10-31-23(12-21)6-5-11-36(25-13-26(38-3)16-27(14-25)39-4)24-7-8-28-29(15-24)34-30(18-32-28)22-17-33-35(2)19-22/h7-10,12-19H,11H2,1-4H3.